The molecule has 1 amide bonds. The Morgan fingerprint density at radius 2 is 2.14 bits per heavy atom. The first-order valence-corrected chi connectivity index (χ1v) is 7.23. The summed E-state index contributed by atoms with van der Waals surface area (Å²) in [5.41, 5.74) is 0.694. The van der Waals surface area contributed by atoms with Crippen molar-refractivity contribution in [3.05, 3.63) is 36.1 Å². The van der Waals surface area contributed by atoms with E-state index in [1.165, 1.54) is 6.08 Å². The number of carbonyl (C=O) groups is 1. The van der Waals surface area contributed by atoms with Gasteiger partial charge in [-0.2, -0.15) is 0 Å². The van der Waals surface area contributed by atoms with E-state index in [-0.39, 0.29) is 11.9 Å². The number of rotatable bonds is 6. The molecule has 2 rings (SSSR count). The molecule has 1 aromatic carbocycles. The van der Waals surface area contributed by atoms with Gasteiger partial charge in [-0.25, -0.2) is 0 Å². The first-order chi connectivity index (χ1) is 10.2. The van der Waals surface area contributed by atoms with Gasteiger partial charge in [0.2, 0.25) is 5.91 Å². The molecule has 0 radical (unpaired) electrons. The number of amides is 1. The van der Waals surface area contributed by atoms with Crippen molar-refractivity contribution in [1.29, 1.82) is 0 Å². The molecule has 112 valence electrons. The minimum absolute atomic E-state index is 0.101. The van der Waals surface area contributed by atoms with E-state index in [0.29, 0.717) is 17.1 Å². The predicted molar refractivity (Wildman–Crippen MR) is 84.3 cm³/mol. The van der Waals surface area contributed by atoms with Crippen LogP contribution >= 0.6 is 0 Å². The molecule has 1 aromatic heterocycles. The summed E-state index contributed by atoms with van der Waals surface area (Å²) in [7, 11) is 1.61. The molecule has 0 aliphatic heterocycles. The van der Waals surface area contributed by atoms with Crippen molar-refractivity contribution in [2.75, 3.05) is 7.11 Å². The monoisotopic (exact) mass is 287 g/mol. The lowest BCUT2D eigenvalue weighted by Crippen LogP contribution is -2.32. The summed E-state index contributed by atoms with van der Waals surface area (Å²) in [5.74, 6) is 1.22. The lowest BCUT2D eigenvalue weighted by molar-refractivity contribution is -0.117. The number of benzene rings is 1. The highest BCUT2D eigenvalue weighted by Gasteiger charge is 2.08. The molecule has 0 saturated heterocycles. The van der Waals surface area contributed by atoms with Crippen LogP contribution in [0, 0.1) is 0 Å². The number of methoxy groups -OCH3 is 1. The lowest BCUT2D eigenvalue weighted by atomic mass is 10.2. The number of fused-ring (bicyclic) bond motifs is 1. The van der Waals surface area contributed by atoms with Crippen LogP contribution in [0.15, 0.2) is 34.8 Å². The van der Waals surface area contributed by atoms with E-state index in [1.54, 1.807) is 13.2 Å². The van der Waals surface area contributed by atoms with Crippen LogP contribution in [-0.2, 0) is 4.79 Å². The van der Waals surface area contributed by atoms with Crippen molar-refractivity contribution in [3.8, 4) is 5.75 Å². The summed E-state index contributed by atoms with van der Waals surface area (Å²) >= 11 is 0. The Bertz CT molecular complexity index is 639. The van der Waals surface area contributed by atoms with Crippen molar-refractivity contribution >= 4 is 23.0 Å². The van der Waals surface area contributed by atoms with E-state index >= 15 is 0 Å². The van der Waals surface area contributed by atoms with Crippen LogP contribution in [-0.4, -0.2) is 19.1 Å². The molecule has 0 fully saturated rings. The summed E-state index contributed by atoms with van der Waals surface area (Å²) in [5, 5.41) is 3.90. The van der Waals surface area contributed by atoms with E-state index in [2.05, 4.69) is 19.2 Å². The second kappa shape index (κ2) is 6.97. The number of para-hydroxylation sites is 1. The molecule has 21 heavy (non-hydrogen) atoms. The zero-order valence-electron chi connectivity index (χ0n) is 12.7. The molecular formula is C17H21NO3. The normalized spacial score (nSPS) is 11.4. The standard InChI is InChI=1S/C17H21NO3/c1-4-13(5-2)18-16(19)10-9-14-11-12-7-6-8-15(20-3)17(12)21-14/h6-11,13H,4-5H2,1-3H3,(H,18,19)/b10-9+. The Morgan fingerprint density at radius 1 is 1.38 bits per heavy atom. The number of nitrogens with one attached hydrogen (secondary N) is 1. The zero-order chi connectivity index (χ0) is 15.2. The predicted octanol–water partition coefficient (Wildman–Crippen LogP) is 3.76. The third-order valence-electron chi connectivity index (χ3n) is 3.48. The third-order valence-corrected chi connectivity index (χ3v) is 3.48. The fourth-order valence-corrected chi connectivity index (χ4v) is 2.20. The van der Waals surface area contributed by atoms with Gasteiger partial charge in [-0.3, -0.25) is 4.79 Å². The number of hydrogen-bond acceptors (Lipinski definition) is 3. The summed E-state index contributed by atoms with van der Waals surface area (Å²) in [6.45, 7) is 4.12. The molecule has 0 bridgehead atoms. The Kier molecular flexibility index (Phi) is 5.04. The second-order valence-corrected chi connectivity index (χ2v) is 4.88. The minimum Gasteiger partial charge on any atom is -0.493 e. The molecule has 0 unspecified atom stereocenters. The topological polar surface area (TPSA) is 51.5 Å². The smallest absolute Gasteiger partial charge is 0.244 e. The van der Waals surface area contributed by atoms with E-state index in [1.807, 2.05) is 24.3 Å². The molecule has 0 saturated carbocycles. The lowest BCUT2D eigenvalue weighted by Gasteiger charge is -2.12. The Hall–Kier alpha value is -2.23. The first-order valence-electron chi connectivity index (χ1n) is 7.23. The van der Waals surface area contributed by atoms with Gasteiger partial charge in [0.1, 0.15) is 5.76 Å². The van der Waals surface area contributed by atoms with Gasteiger partial charge in [0.15, 0.2) is 11.3 Å². The molecule has 4 heteroatoms. The zero-order valence-corrected chi connectivity index (χ0v) is 12.7. The van der Waals surface area contributed by atoms with Crippen molar-refractivity contribution in [1.82, 2.24) is 5.32 Å². The highest BCUT2D eigenvalue weighted by Crippen LogP contribution is 2.28. The average molecular weight is 287 g/mol. The molecule has 0 spiro atoms. The summed E-state index contributed by atoms with van der Waals surface area (Å²) in [4.78, 5) is 11.8. The number of ether oxygens (including phenoxy) is 1. The van der Waals surface area contributed by atoms with Gasteiger partial charge in [0.05, 0.1) is 7.11 Å². The first kappa shape index (κ1) is 15.2. The third kappa shape index (κ3) is 3.66. The van der Waals surface area contributed by atoms with Crippen LogP contribution in [0.3, 0.4) is 0 Å². The summed E-state index contributed by atoms with van der Waals surface area (Å²) < 4.78 is 11.0. The fourth-order valence-electron chi connectivity index (χ4n) is 2.20. The van der Waals surface area contributed by atoms with Crippen molar-refractivity contribution in [3.63, 3.8) is 0 Å². The van der Waals surface area contributed by atoms with Crippen LogP contribution in [0.5, 0.6) is 5.75 Å². The van der Waals surface area contributed by atoms with Crippen molar-refractivity contribution in [2.45, 2.75) is 32.7 Å². The van der Waals surface area contributed by atoms with Crippen molar-refractivity contribution in [2.24, 2.45) is 0 Å². The molecule has 2 aromatic rings. The highest BCUT2D eigenvalue weighted by atomic mass is 16.5. The average Bonchev–Trinajstić information content (AvgIpc) is 2.93. The van der Waals surface area contributed by atoms with E-state index in [9.17, 15) is 4.79 Å². The van der Waals surface area contributed by atoms with Crippen molar-refractivity contribution < 1.29 is 13.9 Å². The molecule has 4 nitrogen and oxygen atoms in total. The maximum atomic E-state index is 11.8. The molecule has 1 N–H and O–H groups in total. The van der Waals surface area contributed by atoms with Crippen LogP contribution in [0.2, 0.25) is 0 Å². The summed E-state index contributed by atoms with van der Waals surface area (Å²) in [6, 6.07) is 7.81. The van der Waals surface area contributed by atoms with Crippen LogP contribution in [0.4, 0.5) is 0 Å². The minimum atomic E-state index is -0.101. The van der Waals surface area contributed by atoms with E-state index in [0.717, 1.165) is 18.2 Å². The van der Waals surface area contributed by atoms with Gasteiger partial charge in [-0.05, 0) is 31.1 Å². The van der Waals surface area contributed by atoms with Gasteiger partial charge < -0.3 is 14.5 Å². The van der Waals surface area contributed by atoms with Crippen LogP contribution in [0.25, 0.3) is 17.0 Å². The highest BCUT2D eigenvalue weighted by molar-refractivity contribution is 5.92. The second-order valence-electron chi connectivity index (χ2n) is 4.88. The van der Waals surface area contributed by atoms with Gasteiger partial charge in [0, 0.05) is 17.5 Å². The van der Waals surface area contributed by atoms with Gasteiger partial charge in [-0.15, -0.1) is 0 Å². The van der Waals surface area contributed by atoms with Gasteiger partial charge in [-0.1, -0.05) is 26.0 Å². The van der Waals surface area contributed by atoms with Gasteiger partial charge >= 0.3 is 0 Å². The largest absolute Gasteiger partial charge is 0.493 e. The fraction of sp³-hybridized carbons (Fsp3) is 0.353. The van der Waals surface area contributed by atoms with Crippen LogP contribution < -0.4 is 10.1 Å². The maximum absolute atomic E-state index is 11.8. The summed E-state index contributed by atoms with van der Waals surface area (Å²) in [6.07, 6.45) is 5.04. The Labute approximate surface area is 124 Å². The quantitative estimate of drug-likeness (QED) is 0.823. The molecule has 1 heterocycles. The van der Waals surface area contributed by atoms with Gasteiger partial charge in [0.25, 0.3) is 0 Å². The Morgan fingerprint density at radius 3 is 2.81 bits per heavy atom. The maximum Gasteiger partial charge on any atom is 0.244 e. The molecule has 0 atom stereocenters. The molecule has 0 aliphatic rings. The SMILES string of the molecule is CCC(CC)NC(=O)/C=C/c1cc2cccc(OC)c2o1. The Balaban J connectivity index is 2.12. The number of carbonyl (C=O) groups excluding carboxylic acids is 1. The molecule has 0 aliphatic carbocycles. The van der Waals surface area contributed by atoms with E-state index < -0.39 is 0 Å². The molecular weight excluding hydrogens is 266 g/mol. The van der Waals surface area contributed by atoms with Crippen LogP contribution in [0.1, 0.15) is 32.4 Å². The van der Waals surface area contributed by atoms with E-state index in [4.69, 9.17) is 9.15 Å². The number of furan rings is 1. The number of hydrogen-bond donors (Lipinski definition) is 1.